The van der Waals surface area contributed by atoms with Gasteiger partial charge in [-0.3, -0.25) is 9.59 Å². The molecule has 1 rings (SSSR count). The van der Waals surface area contributed by atoms with E-state index in [1.807, 2.05) is 0 Å². The van der Waals surface area contributed by atoms with Gasteiger partial charge in [-0.2, -0.15) is 0 Å². The Bertz CT molecular complexity index is 434. The van der Waals surface area contributed by atoms with Gasteiger partial charge >= 0.3 is 5.97 Å². The van der Waals surface area contributed by atoms with Crippen molar-refractivity contribution in [2.24, 2.45) is 5.92 Å². The number of carboxylic acids is 1. The Morgan fingerprint density at radius 3 is 2.53 bits per heavy atom. The van der Waals surface area contributed by atoms with Gasteiger partial charge in [0.15, 0.2) is 0 Å². The number of carboxylic acid groups (broad SMARTS) is 1. The Morgan fingerprint density at radius 1 is 1.41 bits per heavy atom. The van der Waals surface area contributed by atoms with Crippen LogP contribution in [-0.4, -0.2) is 35.5 Å². The van der Waals surface area contributed by atoms with Gasteiger partial charge in [0, 0.05) is 13.6 Å². The quantitative estimate of drug-likeness (QED) is 0.868. The summed E-state index contributed by atoms with van der Waals surface area (Å²) >= 11 is 0. The Balaban J connectivity index is 2.77. The lowest BCUT2D eigenvalue weighted by molar-refractivity contribution is -0.141. The summed E-state index contributed by atoms with van der Waals surface area (Å²) in [6.45, 7) is 1.54. The molecule has 0 heterocycles. The predicted octanol–water partition coefficient (Wildman–Crippen LogP) is 1.62. The zero-order chi connectivity index (χ0) is 13.0. The predicted molar refractivity (Wildman–Crippen MR) is 60.2 cm³/mol. The molecular weight excluding hydrogens is 225 g/mol. The summed E-state index contributed by atoms with van der Waals surface area (Å²) in [6, 6.07) is 5.62. The highest BCUT2D eigenvalue weighted by Crippen LogP contribution is 2.10. The van der Waals surface area contributed by atoms with Gasteiger partial charge in [0.25, 0.3) is 5.91 Å². The van der Waals surface area contributed by atoms with Gasteiger partial charge in [0.05, 0.1) is 11.5 Å². The Labute approximate surface area is 98.7 Å². The number of nitrogens with zero attached hydrogens (tertiary/aromatic N) is 1. The second-order valence-electron chi connectivity index (χ2n) is 3.90. The summed E-state index contributed by atoms with van der Waals surface area (Å²) in [5.41, 5.74) is -0.0485. The molecule has 0 aliphatic heterocycles. The van der Waals surface area contributed by atoms with Crippen LogP contribution in [0.5, 0.6) is 0 Å². The monoisotopic (exact) mass is 239 g/mol. The Kier molecular flexibility index (Phi) is 4.20. The van der Waals surface area contributed by atoms with Gasteiger partial charge in [0.1, 0.15) is 5.82 Å². The van der Waals surface area contributed by atoms with E-state index in [0.29, 0.717) is 0 Å². The maximum Gasteiger partial charge on any atom is 0.308 e. The molecule has 0 aromatic heterocycles. The topological polar surface area (TPSA) is 57.6 Å². The summed E-state index contributed by atoms with van der Waals surface area (Å²) in [7, 11) is 1.45. The molecule has 17 heavy (non-hydrogen) atoms. The smallest absolute Gasteiger partial charge is 0.308 e. The van der Waals surface area contributed by atoms with Gasteiger partial charge < -0.3 is 10.0 Å². The normalized spacial score (nSPS) is 11.9. The van der Waals surface area contributed by atoms with Crippen LogP contribution in [0.4, 0.5) is 4.39 Å². The van der Waals surface area contributed by atoms with Crippen molar-refractivity contribution in [2.45, 2.75) is 6.92 Å². The summed E-state index contributed by atoms with van der Waals surface area (Å²) < 4.78 is 13.3. The minimum Gasteiger partial charge on any atom is -0.481 e. The van der Waals surface area contributed by atoms with Crippen LogP contribution >= 0.6 is 0 Å². The first-order valence-corrected chi connectivity index (χ1v) is 5.16. The average Bonchev–Trinajstić information content (AvgIpc) is 2.28. The van der Waals surface area contributed by atoms with Crippen LogP contribution in [0.25, 0.3) is 0 Å². The highest BCUT2D eigenvalue weighted by atomic mass is 19.1. The first kappa shape index (κ1) is 13.2. The molecule has 92 valence electrons. The summed E-state index contributed by atoms with van der Waals surface area (Å²) in [5, 5.41) is 8.73. The molecule has 1 unspecified atom stereocenters. The number of hydrogen-bond donors (Lipinski definition) is 1. The van der Waals surface area contributed by atoms with Crippen molar-refractivity contribution in [2.75, 3.05) is 13.6 Å². The number of benzene rings is 1. The van der Waals surface area contributed by atoms with Crippen molar-refractivity contribution < 1.29 is 19.1 Å². The van der Waals surface area contributed by atoms with Crippen LogP contribution in [-0.2, 0) is 4.79 Å². The number of carbonyl (C=O) groups is 2. The molecule has 0 saturated heterocycles. The molecular formula is C12H14FNO3. The van der Waals surface area contributed by atoms with E-state index < -0.39 is 23.6 Å². The molecule has 1 atom stereocenters. The van der Waals surface area contributed by atoms with Gasteiger partial charge in [-0.05, 0) is 12.1 Å². The first-order valence-electron chi connectivity index (χ1n) is 5.16. The second-order valence-corrected chi connectivity index (χ2v) is 3.90. The highest BCUT2D eigenvalue weighted by Gasteiger charge is 2.20. The van der Waals surface area contributed by atoms with Crippen LogP contribution in [0.3, 0.4) is 0 Å². The summed E-state index contributed by atoms with van der Waals surface area (Å²) in [4.78, 5) is 23.7. The lowest BCUT2D eigenvalue weighted by Gasteiger charge is -2.19. The number of hydrogen-bond acceptors (Lipinski definition) is 2. The molecule has 5 heteroatoms. The van der Waals surface area contributed by atoms with Crippen LogP contribution in [0.2, 0.25) is 0 Å². The lowest BCUT2D eigenvalue weighted by Crippen LogP contribution is -2.34. The van der Waals surface area contributed by atoms with Gasteiger partial charge in [-0.25, -0.2) is 4.39 Å². The fourth-order valence-electron chi connectivity index (χ4n) is 1.41. The fraction of sp³-hybridized carbons (Fsp3) is 0.333. The van der Waals surface area contributed by atoms with E-state index in [4.69, 9.17) is 5.11 Å². The molecule has 0 radical (unpaired) electrons. The van der Waals surface area contributed by atoms with E-state index >= 15 is 0 Å². The van der Waals surface area contributed by atoms with Crippen LogP contribution in [0.1, 0.15) is 17.3 Å². The summed E-state index contributed by atoms with van der Waals surface area (Å²) in [6.07, 6.45) is 0. The standard InChI is InChI=1S/C12H14FNO3/c1-8(12(16)17)7-14(2)11(15)9-5-3-4-6-10(9)13/h3-6,8H,7H2,1-2H3,(H,16,17). The Morgan fingerprint density at radius 2 is 2.00 bits per heavy atom. The number of aliphatic carboxylic acids is 1. The molecule has 0 bridgehead atoms. The van der Waals surface area contributed by atoms with E-state index in [1.165, 1.54) is 37.1 Å². The molecule has 1 aromatic rings. The second kappa shape index (κ2) is 5.43. The zero-order valence-corrected chi connectivity index (χ0v) is 9.68. The molecule has 0 aliphatic rings. The fourth-order valence-corrected chi connectivity index (χ4v) is 1.41. The molecule has 1 amide bonds. The van der Waals surface area contributed by atoms with Crippen LogP contribution < -0.4 is 0 Å². The minimum absolute atomic E-state index is 0.0441. The van der Waals surface area contributed by atoms with E-state index in [9.17, 15) is 14.0 Å². The van der Waals surface area contributed by atoms with E-state index in [2.05, 4.69) is 0 Å². The van der Waals surface area contributed by atoms with E-state index in [1.54, 1.807) is 6.07 Å². The third-order valence-electron chi connectivity index (χ3n) is 2.42. The molecule has 0 spiro atoms. The maximum absolute atomic E-state index is 13.3. The van der Waals surface area contributed by atoms with Crippen LogP contribution in [0, 0.1) is 11.7 Å². The third-order valence-corrected chi connectivity index (χ3v) is 2.42. The van der Waals surface area contributed by atoms with Gasteiger partial charge in [-0.1, -0.05) is 19.1 Å². The SMILES string of the molecule is CC(CN(C)C(=O)c1ccccc1F)C(=O)O. The van der Waals surface area contributed by atoms with Crippen molar-refractivity contribution in [3.8, 4) is 0 Å². The number of amides is 1. The first-order chi connectivity index (χ1) is 7.93. The third kappa shape index (κ3) is 3.27. The molecule has 0 fully saturated rings. The van der Waals surface area contributed by atoms with Gasteiger partial charge in [0.2, 0.25) is 0 Å². The maximum atomic E-state index is 13.3. The zero-order valence-electron chi connectivity index (χ0n) is 9.68. The van der Waals surface area contributed by atoms with Crippen molar-refractivity contribution in [1.29, 1.82) is 0 Å². The lowest BCUT2D eigenvalue weighted by atomic mass is 10.1. The number of carbonyl (C=O) groups excluding carboxylic acids is 1. The summed E-state index contributed by atoms with van der Waals surface area (Å²) in [5.74, 6) is -2.79. The average molecular weight is 239 g/mol. The van der Waals surface area contributed by atoms with E-state index in [0.717, 1.165) is 0 Å². The Hall–Kier alpha value is -1.91. The van der Waals surface area contributed by atoms with Crippen molar-refractivity contribution in [3.05, 3.63) is 35.6 Å². The minimum atomic E-state index is -0.988. The van der Waals surface area contributed by atoms with E-state index in [-0.39, 0.29) is 12.1 Å². The molecule has 0 saturated carbocycles. The number of halogens is 1. The van der Waals surface area contributed by atoms with Gasteiger partial charge in [-0.15, -0.1) is 0 Å². The molecule has 0 aliphatic carbocycles. The molecule has 4 nitrogen and oxygen atoms in total. The van der Waals surface area contributed by atoms with Crippen LogP contribution in [0.15, 0.2) is 24.3 Å². The van der Waals surface area contributed by atoms with Crippen molar-refractivity contribution >= 4 is 11.9 Å². The van der Waals surface area contributed by atoms with Crippen molar-refractivity contribution in [3.63, 3.8) is 0 Å². The highest BCUT2D eigenvalue weighted by molar-refractivity contribution is 5.94. The largest absolute Gasteiger partial charge is 0.481 e. The number of rotatable bonds is 4. The molecule has 1 aromatic carbocycles. The van der Waals surface area contributed by atoms with Crippen molar-refractivity contribution in [1.82, 2.24) is 4.90 Å². The molecule has 1 N–H and O–H groups in total.